The molecule has 1 amide bonds. The van der Waals surface area contributed by atoms with Gasteiger partial charge in [0.05, 0.1) is 18.8 Å². The maximum atomic E-state index is 12.3. The van der Waals surface area contributed by atoms with Gasteiger partial charge in [0.25, 0.3) is 0 Å². The molecule has 7 rings (SSSR count). The van der Waals surface area contributed by atoms with Crippen molar-refractivity contribution in [2.24, 2.45) is 29.6 Å². The van der Waals surface area contributed by atoms with Crippen LogP contribution in [0.15, 0.2) is 24.3 Å². The predicted molar refractivity (Wildman–Crippen MR) is 150 cm³/mol. The first kappa shape index (κ1) is 27.4. The monoisotopic (exact) mass is 539 g/mol. The quantitative estimate of drug-likeness (QED) is 0.253. The Labute approximate surface area is 235 Å². The molecule has 5 unspecified atom stereocenters. The lowest BCUT2D eigenvalue weighted by Crippen LogP contribution is -2.41. The van der Waals surface area contributed by atoms with Crippen LogP contribution in [0.1, 0.15) is 103 Å². The second kappa shape index (κ2) is 11.6. The minimum absolute atomic E-state index is 0.186. The zero-order valence-corrected chi connectivity index (χ0v) is 24.3. The maximum Gasteiger partial charge on any atom is 0.410 e. The van der Waals surface area contributed by atoms with E-state index >= 15 is 0 Å². The molecule has 5 atom stereocenters. The van der Waals surface area contributed by atoms with Crippen LogP contribution in [0.25, 0.3) is 0 Å². The number of nitrogens with zero attached hydrogens (tertiary/aromatic N) is 1. The van der Waals surface area contributed by atoms with Gasteiger partial charge in [-0.05, 0) is 145 Å². The summed E-state index contributed by atoms with van der Waals surface area (Å²) in [6, 6.07) is 8.78. The Morgan fingerprint density at radius 1 is 0.872 bits per heavy atom. The lowest BCUT2D eigenvalue weighted by molar-refractivity contribution is -0.369. The summed E-state index contributed by atoms with van der Waals surface area (Å²) in [6.45, 7) is 8.02. The third-order valence-electron chi connectivity index (χ3n) is 10.4. The normalized spacial score (nSPS) is 34.4. The van der Waals surface area contributed by atoms with E-state index in [9.17, 15) is 4.79 Å². The molecular formula is C33H49NO5. The zero-order valence-electron chi connectivity index (χ0n) is 24.3. The average Bonchev–Trinajstić information content (AvgIpc) is 3.34. The Hall–Kier alpha value is -1.79. The van der Waals surface area contributed by atoms with Gasteiger partial charge in [0.1, 0.15) is 11.4 Å². The summed E-state index contributed by atoms with van der Waals surface area (Å²) in [4.78, 5) is 26.3. The highest BCUT2D eigenvalue weighted by molar-refractivity contribution is 5.68. The van der Waals surface area contributed by atoms with Gasteiger partial charge in [0, 0.05) is 13.1 Å². The molecule has 0 N–H and O–H groups in total. The number of piperidine rings is 1. The number of likely N-dealkylation sites (tertiary alicyclic amines) is 1. The van der Waals surface area contributed by atoms with Crippen LogP contribution in [-0.4, -0.2) is 48.5 Å². The van der Waals surface area contributed by atoms with Gasteiger partial charge in [-0.2, -0.15) is 0 Å². The first-order valence-corrected chi connectivity index (χ1v) is 15.8. The van der Waals surface area contributed by atoms with Crippen LogP contribution >= 0.6 is 0 Å². The molecule has 6 aliphatic rings. The third kappa shape index (κ3) is 6.59. The minimum Gasteiger partial charge on any atom is -0.494 e. The average molecular weight is 540 g/mol. The van der Waals surface area contributed by atoms with Crippen LogP contribution in [0, 0.1) is 29.6 Å². The van der Waals surface area contributed by atoms with Gasteiger partial charge in [0.2, 0.25) is 0 Å². The number of carbonyl (C=O) groups excluding carboxylic acids is 1. The molecule has 1 saturated heterocycles. The Kier molecular flexibility index (Phi) is 8.14. The van der Waals surface area contributed by atoms with Gasteiger partial charge in [-0.1, -0.05) is 12.1 Å². The van der Waals surface area contributed by atoms with Crippen LogP contribution < -0.4 is 4.74 Å². The number of hydrogen-bond donors (Lipinski definition) is 0. The molecule has 6 heteroatoms. The lowest BCUT2D eigenvalue weighted by Gasteiger charge is -2.33. The van der Waals surface area contributed by atoms with Crippen molar-refractivity contribution >= 4 is 6.09 Å². The van der Waals surface area contributed by atoms with Crippen molar-refractivity contribution in [1.29, 1.82) is 0 Å². The summed E-state index contributed by atoms with van der Waals surface area (Å²) in [5.41, 5.74) is 0.982. The zero-order chi connectivity index (χ0) is 27.0. The summed E-state index contributed by atoms with van der Waals surface area (Å²) >= 11 is 0. The van der Waals surface area contributed by atoms with Gasteiger partial charge in [0.15, 0.2) is 0 Å². The van der Waals surface area contributed by atoms with Crippen molar-refractivity contribution in [3.8, 4) is 5.75 Å². The Balaban J connectivity index is 0.866. The fraction of sp³-hybridized carbons (Fsp3) is 0.788. The number of hydrogen-bond acceptors (Lipinski definition) is 5. The molecule has 5 aliphatic carbocycles. The van der Waals surface area contributed by atoms with Gasteiger partial charge in [-0.15, -0.1) is 0 Å². The van der Waals surface area contributed by atoms with E-state index in [4.69, 9.17) is 19.2 Å². The standard InChI is InChI=1S/C33H49NO5/c1-33(2,3)37-32(35)34-15-12-22(13-16-34)14-17-36-28-8-4-24(5-9-28)25-6-10-29(11-7-25)38-39-31-27-19-23-18-26(21-27)30(31)20-23/h4-5,8-9,22-23,25-27,29-31H,6-7,10-21H2,1-3H3. The number of amides is 1. The molecule has 1 aromatic rings. The molecule has 1 aliphatic heterocycles. The van der Waals surface area contributed by atoms with Crippen molar-refractivity contribution < 1.29 is 24.0 Å². The highest BCUT2D eigenvalue weighted by atomic mass is 17.2. The fourth-order valence-corrected chi connectivity index (χ4v) is 8.37. The number of rotatable bonds is 8. The van der Waals surface area contributed by atoms with E-state index in [2.05, 4.69) is 24.3 Å². The molecule has 0 aromatic heterocycles. The van der Waals surface area contributed by atoms with Gasteiger partial charge in [-0.3, -0.25) is 0 Å². The first-order valence-electron chi connectivity index (χ1n) is 15.8. The molecule has 4 bridgehead atoms. The largest absolute Gasteiger partial charge is 0.494 e. The Morgan fingerprint density at radius 2 is 1.59 bits per heavy atom. The SMILES string of the molecule is CC(C)(C)OC(=O)N1CCC(CCOc2ccc(C3CCC(OOC4C5CC6CC(C5)C4C6)CC3)cc2)CC1. The highest BCUT2D eigenvalue weighted by Crippen LogP contribution is 2.59. The van der Waals surface area contributed by atoms with Crippen LogP contribution in [0.3, 0.4) is 0 Å². The van der Waals surface area contributed by atoms with Crippen molar-refractivity contribution in [3.63, 3.8) is 0 Å². The van der Waals surface area contributed by atoms with Crippen LogP contribution in [0.2, 0.25) is 0 Å². The summed E-state index contributed by atoms with van der Waals surface area (Å²) < 4.78 is 11.6. The van der Waals surface area contributed by atoms with Crippen LogP contribution in [0.5, 0.6) is 5.75 Å². The summed E-state index contributed by atoms with van der Waals surface area (Å²) in [6.07, 6.45) is 13.6. The summed E-state index contributed by atoms with van der Waals surface area (Å²) in [5.74, 6) is 5.62. The molecule has 216 valence electrons. The molecule has 0 spiro atoms. The maximum absolute atomic E-state index is 12.3. The van der Waals surface area contributed by atoms with E-state index in [-0.39, 0.29) is 12.2 Å². The Bertz CT molecular complexity index is 953. The van der Waals surface area contributed by atoms with Crippen LogP contribution in [-0.2, 0) is 14.5 Å². The summed E-state index contributed by atoms with van der Waals surface area (Å²) in [5, 5.41) is 0. The number of carbonyl (C=O) groups is 1. The molecule has 1 aromatic carbocycles. The van der Waals surface area contributed by atoms with Crippen molar-refractivity contribution in [2.45, 2.75) is 115 Å². The fourth-order valence-electron chi connectivity index (χ4n) is 8.37. The van der Waals surface area contributed by atoms with Gasteiger partial charge >= 0.3 is 6.09 Å². The molecule has 6 nitrogen and oxygen atoms in total. The smallest absolute Gasteiger partial charge is 0.410 e. The van der Waals surface area contributed by atoms with Crippen molar-refractivity contribution in [2.75, 3.05) is 19.7 Å². The number of ether oxygens (including phenoxy) is 2. The molecule has 5 saturated carbocycles. The van der Waals surface area contributed by atoms with E-state index < -0.39 is 5.60 Å². The first-order chi connectivity index (χ1) is 18.8. The molecular weight excluding hydrogens is 490 g/mol. The topological polar surface area (TPSA) is 57.2 Å². The molecule has 6 fully saturated rings. The van der Waals surface area contributed by atoms with E-state index in [0.717, 1.165) is 81.2 Å². The lowest BCUT2D eigenvalue weighted by atomic mass is 9.80. The number of benzene rings is 1. The van der Waals surface area contributed by atoms with Crippen LogP contribution in [0.4, 0.5) is 4.79 Å². The van der Waals surface area contributed by atoms with E-state index in [1.807, 2.05) is 25.7 Å². The van der Waals surface area contributed by atoms with E-state index in [1.165, 1.54) is 44.1 Å². The molecule has 39 heavy (non-hydrogen) atoms. The van der Waals surface area contributed by atoms with Gasteiger partial charge in [-0.25, -0.2) is 14.6 Å². The highest BCUT2D eigenvalue weighted by Gasteiger charge is 2.55. The predicted octanol–water partition coefficient (Wildman–Crippen LogP) is 7.51. The van der Waals surface area contributed by atoms with Crippen molar-refractivity contribution in [3.05, 3.63) is 29.8 Å². The second-order valence-electron chi connectivity index (χ2n) is 14.2. The van der Waals surface area contributed by atoms with E-state index in [0.29, 0.717) is 17.9 Å². The Morgan fingerprint density at radius 3 is 2.28 bits per heavy atom. The minimum atomic E-state index is -0.436. The van der Waals surface area contributed by atoms with E-state index in [1.54, 1.807) is 0 Å². The summed E-state index contributed by atoms with van der Waals surface area (Å²) in [7, 11) is 0. The van der Waals surface area contributed by atoms with Crippen molar-refractivity contribution in [1.82, 2.24) is 4.90 Å². The van der Waals surface area contributed by atoms with Gasteiger partial charge < -0.3 is 14.4 Å². The molecule has 1 heterocycles. The molecule has 0 radical (unpaired) electrons. The third-order valence-corrected chi connectivity index (χ3v) is 10.4. The second-order valence-corrected chi connectivity index (χ2v) is 14.2.